The Morgan fingerprint density at radius 1 is 1.56 bits per heavy atom. The second-order valence-electron chi connectivity index (χ2n) is 3.93. The summed E-state index contributed by atoms with van der Waals surface area (Å²) in [7, 11) is 0. The topological polar surface area (TPSA) is 92.2 Å². The van der Waals surface area contributed by atoms with E-state index >= 15 is 0 Å². The van der Waals surface area contributed by atoms with Gasteiger partial charge in [-0.05, 0) is 19.4 Å². The zero-order valence-corrected chi connectivity index (χ0v) is 10.7. The minimum Gasteiger partial charge on any atom is -0.480 e. The number of hydrogen-bond acceptors (Lipinski definition) is 4. The van der Waals surface area contributed by atoms with Crippen LogP contribution < -0.4 is 11.2 Å². The Labute approximate surface area is 106 Å². The SMILES string of the molecule is CCc1cc2c(=O)n(C(C)C(=O)O)c(=O)[nH]c2s1. The van der Waals surface area contributed by atoms with Gasteiger partial charge in [0, 0.05) is 4.88 Å². The molecule has 0 fully saturated rings. The van der Waals surface area contributed by atoms with Gasteiger partial charge in [-0.2, -0.15) is 0 Å². The quantitative estimate of drug-likeness (QED) is 0.867. The zero-order valence-electron chi connectivity index (χ0n) is 9.89. The number of nitrogens with zero attached hydrogens (tertiary/aromatic N) is 1. The highest BCUT2D eigenvalue weighted by Crippen LogP contribution is 2.20. The van der Waals surface area contributed by atoms with Crippen molar-refractivity contribution in [2.75, 3.05) is 0 Å². The largest absolute Gasteiger partial charge is 0.480 e. The van der Waals surface area contributed by atoms with E-state index in [1.165, 1.54) is 18.3 Å². The highest BCUT2D eigenvalue weighted by Gasteiger charge is 2.20. The number of hydrogen-bond donors (Lipinski definition) is 2. The number of fused-ring (bicyclic) bond motifs is 1. The van der Waals surface area contributed by atoms with E-state index in [-0.39, 0.29) is 0 Å². The molecular weight excluding hydrogens is 256 g/mol. The second-order valence-corrected chi connectivity index (χ2v) is 5.07. The van der Waals surface area contributed by atoms with Crippen molar-refractivity contribution in [2.45, 2.75) is 26.3 Å². The molecule has 0 saturated heterocycles. The molecule has 7 heteroatoms. The van der Waals surface area contributed by atoms with Crippen LogP contribution in [-0.2, 0) is 11.2 Å². The summed E-state index contributed by atoms with van der Waals surface area (Å²) in [6.45, 7) is 3.25. The van der Waals surface area contributed by atoms with Gasteiger partial charge in [0.2, 0.25) is 0 Å². The van der Waals surface area contributed by atoms with E-state index in [1.807, 2.05) is 6.92 Å². The number of carbonyl (C=O) groups is 1. The van der Waals surface area contributed by atoms with Crippen LogP contribution >= 0.6 is 11.3 Å². The number of carboxylic acids is 1. The third kappa shape index (κ3) is 1.86. The fourth-order valence-corrected chi connectivity index (χ4v) is 2.69. The van der Waals surface area contributed by atoms with E-state index in [1.54, 1.807) is 6.07 Å². The number of H-pyrrole nitrogens is 1. The number of rotatable bonds is 3. The highest BCUT2D eigenvalue weighted by molar-refractivity contribution is 7.18. The molecule has 0 amide bonds. The molecule has 18 heavy (non-hydrogen) atoms. The Morgan fingerprint density at radius 2 is 2.22 bits per heavy atom. The van der Waals surface area contributed by atoms with Gasteiger partial charge in [-0.1, -0.05) is 6.92 Å². The molecule has 0 aliphatic carbocycles. The minimum absolute atomic E-state index is 0.365. The fraction of sp³-hybridized carbons (Fsp3) is 0.364. The van der Waals surface area contributed by atoms with E-state index in [2.05, 4.69) is 4.98 Å². The lowest BCUT2D eigenvalue weighted by molar-refractivity contribution is -0.140. The monoisotopic (exact) mass is 268 g/mol. The van der Waals surface area contributed by atoms with E-state index in [0.29, 0.717) is 10.2 Å². The molecule has 0 aliphatic rings. The molecular formula is C11H12N2O4S. The molecule has 2 aromatic heterocycles. The maximum Gasteiger partial charge on any atom is 0.330 e. The molecule has 1 unspecified atom stereocenters. The average Bonchev–Trinajstić information content (AvgIpc) is 2.71. The Morgan fingerprint density at radius 3 is 2.78 bits per heavy atom. The second kappa shape index (κ2) is 4.41. The van der Waals surface area contributed by atoms with Crippen molar-refractivity contribution in [1.29, 1.82) is 0 Å². The molecule has 96 valence electrons. The lowest BCUT2D eigenvalue weighted by Gasteiger charge is -2.08. The minimum atomic E-state index is -1.21. The Hall–Kier alpha value is -1.89. The smallest absolute Gasteiger partial charge is 0.330 e. The number of aliphatic carboxylic acids is 1. The van der Waals surface area contributed by atoms with Gasteiger partial charge in [-0.25, -0.2) is 14.2 Å². The van der Waals surface area contributed by atoms with Crippen LogP contribution in [0.5, 0.6) is 0 Å². The number of aryl methyl sites for hydroxylation is 1. The number of nitrogens with one attached hydrogen (secondary N) is 1. The van der Waals surface area contributed by atoms with Gasteiger partial charge in [0.15, 0.2) is 0 Å². The summed E-state index contributed by atoms with van der Waals surface area (Å²) in [4.78, 5) is 38.8. The van der Waals surface area contributed by atoms with Crippen LogP contribution in [0.25, 0.3) is 10.2 Å². The first-order valence-electron chi connectivity index (χ1n) is 5.45. The third-order valence-electron chi connectivity index (χ3n) is 2.76. The van der Waals surface area contributed by atoms with Crippen molar-refractivity contribution in [2.24, 2.45) is 0 Å². The van der Waals surface area contributed by atoms with Crippen molar-refractivity contribution in [3.8, 4) is 0 Å². The number of thiophene rings is 1. The molecule has 0 radical (unpaired) electrons. The van der Waals surface area contributed by atoms with E-state index < -0.39 is 23.3 Å². The van der Waals surface area contributed by atoms with Crippen molar-refractivity contribution in [1.82, 2.24) is 9.55 Å². The normalized spacial score (nSPS) is 12.8. The average molecular weight is 268 g/mol. The van der Waals surface area contributed by atoms with Gasteiger partial charge in [0.25, 0.3) is 5.56 Å². The van der Waals surface area contributed by atoms with Crippen molar-refractivity contribution >= 4 is 27.5 Å². The maximum atomic E-state index is 12.1. The van der Waals surface area contributed by atoms with Crippen molar-refractivity contribution in [3.63, 3.8) is 0 Å². The lowest BCUT2D eigenvalue weighted by atomic mass is 10.3. The van der Waals surface area contributed by atoms with Gasteiger partial charge >= 0.3 is 11.7 Å². The van der Waals surface area contributed by atoms with Crippen LogP contribution in [-0.4, -0.2) is 20.6 Å². The van der Waals surface area contributed by atoms with Crippen LogP contribution in [0.2, 0.25) is 0 Å². The molecule has 2 aromatic rings. The molecule has 0 aliphatic heterocycles. The third-order valence-corrected chi connectivity index (χ3v) is 3.96. The van der Waals surface area contributed by atoms with Crippen molar-refractivity contribution < 1.29 is 9.90 Å². The maximum absolute atomic E-state index is 12.1. The molecule has 2 N–H and O–H groups in total. The summed E-state index contributed by atoms with van der Waals surface area (Å²) in [6.07, 6.45) is 0.759. The summed E-state index contributed by atoms with van der Waals surface area (Å²) in [5.41, 5.74) is -1.24. The first-order chi connectivity index (χ1) is 8.45. The standard InChI is InChI=1S/C11H12N2O4S/c1-3-6-4-7-8(18-6)12-11(17)13(9(7)14)5(2)10(15)16/h4-5H,3H2,1-2H3,(H,12,17)(H,15,16). The van der Waals surface area contributed by atoms with Gasteiger partial charge in [0.1, 0.15) is 10.9 Å². The molecule has 0 aromatic carbocycles. The van der Waals surface area contributed by atoms with Crippen LogP contribution in [0.3, 0.4) is 0 Å². The molecule has 2 rings (SSSR count). The molecule has 2 heterocycles. The van der Waals surface area contributed by atoms with Gasteiger partial charge < -0.3 is 5.11 Å². The first-order valence-corrected chi connectivity index (χ1v) is 6.27. The summed E-state index contributed by atoms with van der Waals surface area (Å²) in [5.74, 6) is -1.21. The fourth-order valence-electron chi connectivity index (χ4n) is 1.71. The predicted octanol–water partition coefficient (Wildman–Crippen LogP) is 0.959. The summed E-state index contributed by atoms with van der Waals surface area (Å²) < 4.78 is 0.733. The zero-order chi connectivity index (χ0) is 13.4. The van der Waals surface area contributed by atoms with Gasteiger partial charge in [0.05, 0.1) is 5.39 Å². The Kier molecular flexibility index (Phi) is 3.08. The van der Waals surface area contributed by atoms with Crippen molar-refractivity contribution in [3.05, 3.63) is 31.8 Å². The van der Waals surface area contributed by atoms with Crippen LogP contribution in [0.4, 0.5) is 0 Å². The van der Waals surface area contributed by atoms with Gasteiger partial charge in [-0.15, -0.1) is 11.3 Å². The molecule has 6 nitrogen and oxygen atoms in total. The van der Waals surface area contributed by atoms with Crippen LogP contribution in [0.15, 0.2) is 15.7 Å². The lowest BCUT2D eigenvalue weighted by Crippen LogP contribution is -2.39. The number of carboxylic acid groups (broad SMARTS) is 1. The predicted molar refractivity (Wildman–Crippen MR) is 68.4 cm³/mol. The first kappa shape index (κ1) is 12.6. The van der Waals surface area contributed by atoms with Crippen LogP contribution in [0, 0.1) is 0 Å². The number of aromatic amines is 1. The van der Waals surface area contributed by atoms with Crippen LogP contribution in [0.1, 0.15) is 24.8 Å². The Balaban J connectivity index is 2.80. The van der Waals surface area contributed by atoms with E-state index in [4.69, 9.17) is 5.11 Å². The molecule has 0 bridgehead atoms. The Bertz CT molecular complexity index is 725. The number of aromatic nitrogens is 2. The summed E-state index contributed by atoms with van der Waals surface area (Å²) in [5, 5.41) is 9.26. The van der Waals surface area contributed by atoms with Gasteiger partial charge in [-0.3, -0.25) is 9.78 Å². The van der Waals surface area contributed by atoms with E-state index in [0.717, 1.165) is 15.9 Å². The highest BCUT2D eigenvalue weighted by atomic mass is 32.1. The molecule has 0 saturated carbocycles. The molecule has 1 atom stereocenters. The summed E-state index contributed by atoms with van der Waals surface area (Å²) >= 11 is 1.34. The van der Waals surface area contributed by atoms with E-state index in [9.17, 15) is 14.4 Å². The summed E-state index contributed by atoms with van der Waals surface area (Å²) in [6, 6.07) is 0.513. The molecule has 0 spiro atoms.